The summed E-state index contributed by atoms with van der Waals surface area (Å²) in [5.74, 6) is -0.441. The van der Waals surface area contributed by atoms with Crippen molar-refractivity contribution in [1.82, 2.24) is 9.97 Å². The van der Waals surface area contributed by atoms with E-state index in [9.17, 15) is 17.6 Å². The maximum atomic E-state index is 13.4. The topological polar surface area (TPSA) is 37.8 Å². The van der Waals surface area contributed by atoms with Crippen LogP contribution in [-0.4, -0.2) is 16.5 Å². The Morgan fingerprint density at radius 2 is 1.81 bits per heavy atom. The van der Waals surface area contributed by atoms with Gasteiger partial charge in [0.2, 0.25) is 0 Å². The minimum atomic E-state index is -4.62. The zero-order chi connectivity index (χ0) is 15.6. The molecule has 0 bridgehead atoms. The lowest BCUT2D eigenvalue weighted by Crippen LogP contribution is -2.07. The van der Waals surface area contributed by atoms with Crippen molar-refractivity contribution in [3.05, 3.63) is 41.3 Å². The molecule has 0 amide bonds. The Hall–Kier alpha value is -2.18. The van der Waals surface area contributed by atoms with Crippen molar-refractivity contribution in [3.8, 4) is 11.4 Å². The summed E-state index contributed by atoms with van der Waals surface area (Å²) in [6.45, 7) is 4.16. The molecule has 0 unspecified atom stereocenters. The highest BCUT2D eigenvalue weighted by Crippen LogP contribution is 2.32. The van der Waals surface area contributed by atoms with Crippen LogP contribution in [0.2, 0.25) is 0 Å². The van der Waals surface area contributed by atoms with E-state index in [1.165, 1.54) is 0 Å². The number of halogens is 4. The van der Waals surface area contributed by atoms with Crippen LogP contribution < -0.4 is 5.32 Å². The molecule has 0 aliphatic carbocycles. The van der Waals surface area contributed by atoms with Gasteiger partial charge in [0.25, 0.3) is 0 Å². The van der Waals surface area contributed by atoms with Crippen LogP contribution in [0.4, 0.5) is 23.4 Å². The molecule has 21 heavy (non-hydrogen) atoms. The summed E-state index contributed by atoms with van der Waals surface area (Å²) in [4.78, 5) is 8.17. The number of hydrogen-bond donors (Lipinski definition) is 1. The number of benzene rings is 1. The first-order valence-electron chi connectivity index (χ1n) is 6.27. The Kier molecular flexibility index (Phi) is 4.11. The van der Waals surface area contributed by atoms with E-state index in [0.29, 0.717) is 24.1 Å². The number of nitrogens with one attached hydrogen (secondary N) is 1. The van der Waals surface area contributed by atoms with Crippen molar-refractivity contribution in [3.63, 3.8) is 0 Å². The Balaban J connectivity index is 2.53. The molecule has 0 saturated carbocycles. The zero-order valence-corrected chi connectivity index (χ0v) is 11.4. The first-order valence-corrected chi connectivity index (χ1v) is 6.27. The van der Waals surface area contributed by atoms with Gasteiger partial charge in [0.15, 0.2) is 5.82 Å². The van der Waals surface area contributed by atoms with Crippen molar-refractivity contribution in [2.45, 2.75) is 20.0 Å². The predicted octanol–water partition coefficient (Wildman–Crippen LogP) is 4.04. The van der Waals surface area contributed by atoms with E-state index < -0.39 is 17.6 Å². The molecule has 0 fully saturated rings. The maximum Gasteiger partial charge on any atom is 0.416 e. The lowest BCUT2D eigenvalue weighted by atomic mass is 10.1. The van der Waals surface area contributed by atoms with Crippen LogP contribution in [0.25, 0.3) is 11.4 Å². The molecule has 0 atom stereocenters. The van der Waals surface area contributed by atoms with E-state index in [1.807, 2.05) is 6.92 Å². The molecule has 0 saturated heterocycles. The van der Waals surface area contributed by atoms with Gasteiger partial charge in [-0.05, 0) is 32.0 Å². The second-order valence-electron chi connectivity index (χ2n) is 4.47. The molecule has 1 N–H and O–H groups in total. The van der Waals surface area contributed by atoms with E-state index in [0.717, 1.165) is 12.1 Å². The van der Waals surface area contributed by atoms with E-state index in [2.05, 4.69) is 15.3 Å². The first-order chi connectivity index (χ1) is 9.79. The second kappa shape index (κ2) is 5.67. The van der Waals surface area contributed by atoms with Gasteiger partial charge in [0.05, 0.1) is 5.56 Å². The lowest BCUT2D eigenvalue weighted by Gasteiger charge is -2.10. The Morgan fingerprint density at radius 1 is 1.10 bits per heavy atom. The number of anilines is 1. The minimum absolute atomic E-state index is 0.00909. The van der Waals surface area contributed by atoms with Gasteiger partial charge in [-0.15, -0.1) is 0 Å². The zero-order valence-electron chi connectivity index (χ0n) is 11.4. The molecule has 1 aromatic carbocycles. The number of hydrogen-bond acceptors (Lipinski definition) is 3. The SMILES string of the molecule is CCNc1cc(C)nc(-c2cc(F)cc(C(F)(F)F)c2)n1. The molecule has 7 heteroatoms. The number of rotatable bonds is 3. The third kappa shape index (κ3) is 3.68. The molecule has 0 spiro atoms. The summed E-state index contributed by atoms with van der Waals surface area (Å²) in [7, 11) is 0. The summed E-state index contributed by atoms with van der Waals surface area (Å²) in [6, 6.07) is 3.94. The minimum Gasteiger partial charge on any atom is -0.370 e. The molecule has 3 nitrogen and oxygen atoms in total. The van der Waals surface area contributed by atoms with Gasteiger partial charge in [-0.1, -0.05) is 0 Å². The molecule has 2 rings (SSSR count). The highest BCUT2D eigenvalue weighted by molar-refractivity contribution is 5.59. The molecular formula is C14H13F4N3. The fourth-order valence-electron chi connectivity index (χ4n) is 1.85. The smallest absolute Gasteiger partial charge is 0.370 e. The molecule has 2 aromatic rings. The van der Waals surface area contributed by atoms with Gasteiger partial charge < -0.3 is 5.32 Å². The average molecular weight is 299 g/mol. The van der Waals surface area contributed by atoms with Crippen molar-refractivity contribution < 1.29 is 17.6 Å². The van der Waals surface area contributed by atoms with E-state index in [-0.39, 0.29) is 11.4 Å². The van der Waals surface area contributed by atoms with Crippen LogP contribution in [0.1, 0.15) is 18.2 Å². The Bertz CT molecular complexity index is 653. The molecule has 0 aliphatic rings. The first kappa shape index (κ1) is 15.2. The third-order valence-corrected chi connectivity index (χ3v) is 2.70. The van der Waals surface area contributed by atoms with Gasteiger partial charge >= 0.3 is 6.18 Å². The van der Waals surface area contributed by atoms with E-state index in [1.54, 1.807) is 13.0 Å². The van der Waals surface area contributed by atoms with Crippen LogP contribution in [0, 0.1) is 12.7 Å². The maximum absolute atomic E-state index is 13.4. The largest absolute Gasteiger partial charge is 0.416 e. The van der Waals surface area contributed by atoms with Gasteiger partial charge in [0, 0.05) is 23.9 Å². The summed E-state index contributed by atoms with van der Waals surface area (Å²) >= 11 is 0. The molecule has 112 valence electrons. The molecule has 1 aromatic heterocycles. The highest BCUT2D eigenvalue weighted by Gasteiger charge is 2.31. The van der Waals surface area contributed by atoms with Gasteiger partial charge in [-0.2, -0.15) is 13.2 Å². The molecule has 0 aliphatic heterocycles. The van der Waals surface area contributed by atoms with Gasteiger partial charge in [-0.3, -0.25) is 0 Å². The fourth-order valence-corrected chi connectivity index (χ4v) is 1.85. The van der Waals surface area contributed by atoms with E-state index >= 15 is 0 Å². The van der Waals surface area contributed by atoms with Crippen molar-refractivity contribution in [1.29, 1.82) is 0 Å². The van der Waals surface area contributed by atoms with E-state index in [4.69, 9.17) is 0 Å². The van der Waals surface area contributed by atoms with Crippen molar-refractivity contribution in [2.75, 3.05) is 11.9 Å². The van der Waals surface area contributed by atoms with Crippen LogP contribution in [0.3, 0.4) is 0 Å². The second-order valence-corrected chi connectivity index (χ2v) is 4.47. The molecule has 1 heterocycles. The number of alkyl halides is 3. The summed E-state index contributed by atoms with van der Waals surface area (Å²) in [5.41, 5.74) is -0.494. The van der Waals surface area contributed by atoms with Crippen LogP contribution >= 0.6 is 0 Å². The molecule has 0 radical (unpaired) electrons. The fraction of sp³-hybridized carbons (Fsp3) is 0.286. The van der Waals surface area contributed by atoms with Gasteiger partial charge in [0.1, 0.15) is 11.6 Å². The van der Waals surface area contributed by atoms with Crippen molar-refractivity contribution >= 4 is 5.82 Å². The summed E-state index contributed by atoms with van der Waals surface area (Å²) < 4.78 is 51.6. The summed E-state index contributed by atoms with van der Waals surface area (Å²) in [5, 5.41) is 2.95. The van der Waals surface area contributed by atoms with Gasteiger partial charge in [-0.25, -0.2) is 14.4 Å². The summed E-state index contributed by atoms with van der Waals surface area (Å²) in [6.07, 6.45) is -4.62. The average Bonchev–Trinajstić information content (AvgIpc) is 2.36. The molecular weight excluding hydrogens is 286 g/mol. The Labute approximate surface area is 119 Å². The standard InChI is InChI=1S/C14H13F4N3/c1-3-19-12-4-8(2)20-13(21-12)9-5-10(14(16,17)18)7-11(15)6-9/h4-7H,3H2,1-2H3,(H,19,20,21). The number of nitrogens with zero attached hydrogens (tertiary/aromatic N) is 2. The quantitative estimate of drug-likeness (QED) is 0.869. The number of aromatic nitrogens is 2. The normalized spacial score (nSPS) is 11.5. The van der Waals surface area contributed by atoms with Crippen molar-refractivity contribution in [2.24, 2.45) is 0 Å². The van der Waals surface area contributed by atoms with Crippen LogP contribution in [-0.2, 0) is 6.18 Å². The Morgan fingerprint density at radius 3 is 2.43 bits per heavy atom. The van der Waals surface area contributed by atoms with Crippen LogP contribution in [0.15, 0.2) is 24.3 Å². The predicted molar refractivity (Wildman–Crippen MR) is 71.3 cm³/mol. The third-order valence-electron chi connectivity index (χ3n) is 2.70. The number of aryl methyl sites for hydroxylation is 1. The highest BCUT2D eigenvalue weighted by atomic mass is 19.4. The van der Waals surface area contributed by atoms with Crippen LogP contribution in [0.5, 0.6) is 0 Å². The monoisotopic (exact) mass is 299 g/mol. The lowest BCUT2D eigenvalue weighted by molar-refractivity contribution is -0.137.